The van der Waals surface area contributed by atoms with E-state index < -0.39 is 0 Å². The Kier molecular flexibility index (Phi) is 1.81. The van der Waals surface area contributed by atoms with Crippen molar-refractivity contribution in [2.24, 2.45) is 0 Å². The molecule has 76 valence electrons. The molecule has 0 aromatic heterocycles. The number of nitrogens with zero attached hydrogens (tertiary/aromatic N) is 2. The van der Waals surface area contributed by atoms with E-state index in [9.17, 15) is 0 Å². The van der Waals surface area contributed by atoms with Gasteiger partial charge in [0.15, 0.2) is 0 Å². The highest BCUT2D eigenvalue weighted by molar-refractivity contribution is 5.42. The Balaban J connectivity index is 2.12. The van der Waals surface area contributed by atoms with Gasteiger partial charge in [-0.2, -0.15) is 0 Å². The fourth-order valence-corrected chi connectivity index (χ4v) is 2.30. The van der Waals surface area contributed by atoms with Crippen LogP contribution >= 0.6 is 0 Å². The first-order chi connectivity index (χ1) is 7.36. The minimum Gasteiger partial charge on any atom is -0.344 e. The van der Waals surface area contributed by atoms with Crippen LogP contribution in [0.15, 0.2) is 60.3 Å². The van der Waals surface area contributed by atoms with Crippen LogP contribution in [-0.4, -0.2) is 22.4 Å². The van der Waals surface area contributed by atoms with E-state index in [1.165, 1.54) is 11.4 Å². The lowest BCUT2D eigenvalue weighted by atomic mass is 10.1. The summed E-state index contributed by atoms with van der Waals surface area (Å²) in [6.45, 7) is 3.31. The van der Waals surface area contributed by atoms with Gasteiger partial charge in [-0.25, -0.2) is 0 Å². The quantitative estimate of drug-likeness (QED) is 0.589. The first kappa shape index (κ1) is 8.60. The molecule has 0 aliphatic carbocycles. The van der Waals surface area contributed by atoms with Crippen molar-refractivity contribution >= 4 is 0 Å². The van der Waals surface area contributed by atoms with E-state index >= 15 is 0 Å². The van der Waals surface area contributed by atoms with E-state index in [4.69, 9.17) is 0 Å². The topological polar surface area (TPSA) is 6.48 Å². The van der Waals surface area contributed by atoms with Crippen LogP contribution in [-0.2, 0) is 0 Å². The van der Waals surface area contributed by atoms with E-state index in [1.807, 2.05) is 0 Å². The van der Waals surface area contributed by atoms with Crippen LogP contribution in [0.3, 0.4) is 0 Å². The van der Waals surface area contributed by atoms with Gasteiger partial charge in [-0.3, -0.25) is 0 Å². The molecule has 0 spiro atoms. The summed E-state index contributed by atoms with van der Waals surface area (Å²) in [6.07, 6.45) is 17.1. The van der Waals surface area contributed by atoms with Crippen LogP contribution in [0.25, 0.3) is 0 Å². The van der Waals surface area contributed by atoms with E-state index in [-0.39, 0.29) is 0 Å². The van der Waals surface area contributed by atoms with Crippen LogP contribution in [0.1, 0.15) is 6.92 Å². The molecule has 15 heavy (non-hydrogen) atoms. The normalized spacial score (nSPS) is 27.1. The highest BCUT2D eigenvalue weighted by Gasteiger charge is 2.27. The van der Waals surface area contributed by atoms with Crippen molar-refractivity contribution in [3.63, 3.8) is 0 Å². The Morgan fingerprint density at radius 1 is 1.00 bits per heavy atom. The summed E-state index contributed by atoms with van der Waals surface area (Å²) in [5, 5.41) is 0. The average molecular weight is 198 g/mol. The number of allylic oxidation sites excluding steroid dienone is 6. The highest BCUT2D eigenvalue weighted by atomic mass is 15.3. The molecule has 3 aliphatic rings. The summed E-state index contributed by atoms with van der Waals surface area (Å²) in [5.74, 6) is 0. The van der Waals surface area contributed by atoms with Crippen molar-refractivity contribution in [2.45, 2.75) is 13.0 Å². The van der Waals surface area contributed by atoms with Crippen molar-refractivity contribution in [3.05, 3.63) is 60.3 Å². The molecule has 0 saturated heterocycles. The summed E-state index contributed by atoms with van der Waals surface area (Å²) >= 11 is 0. The van der Waals surface area contributed by atoms with E-state index in [0.717, 1.165) is 6.54 Å². The second kappa shape index (κ2) is 3.16. The Hall–Kier alpha value is -1.70. The molecule has 2 heteroatoms. The molecular weight excluding hydrogens is 184 g/mol. The SMILES string of the molecule is CC1CN2C=CC=CC2=C2C=CC=CN21. The van der Waals surface area contributed by atoms with E-state index in [1.54, 1.807) is 0 Å². The molecule has 0 aromatic rings. The number of fused-ring (bicyclic) bond motifs is 2. The monoisotopic (exact) mass is 198 g/mol. The zero-order valence-corrected chi connectivity index (χ0v) is 8.80. The summed E-state index contributed by atoms with van der Waals surface area (Å²) in [4.78, 5) is 4.66. The average Bonchev–Trinajstić information content (AvgIpc) is 2.30. The summed E-state index contributed by atoms with van der Waals surface area (Å²) in [6, 6.07) is 0.529. The smallest absolute Gasteiger partial charge is 0.0650 e. The molecule has 0 saturated carbocycles. The molecule has 2 nitrogen and oxygen atoms in total. The minimum atomic E-state index is 0.529. The third kappa shape index (κ3) is 1.25. The highest BCUT2D eigenvalue weighted by Crippen LogP contribution is 2.29. The largest absolute Gasteiger partial charge is 0.344 e. The molecule has 0 amide bonds. The van der Waals surface area contributed by atoms with Gasteiger partial charge in [0, 0.05) is 25.0 Å². The maximum Gasteiger partial charge on any atom is 0.0650 e. The Labute approximate surface area is 90.2 Å². The molecule has 0 fully saturated rings. The number of hydrogen-bond donors (Lipinski definition) is 0. The standard InChI is InChI=1S/C13H14N2/c1-11-10-14-8-4-2-6-12(14)13-7-3-5-9-15(11)13/h2-9,11H,10H2,1H3. The first-order valence-corrected chi connectivity index (χ1v) is 5.35. The van der Waals surface area contributed by atoms with E-state index in [0.29, 0.717) is 6.04 Å². The Morgan fingerprint density at radius 2 is 1.73 bits per heavy atom. The fraction of sp³-hybridized carbons (Fsp3) is 0.231. The van der Waals surface area contributed by atoms with Gasteiger partial charge >= 0.3 is 0 Å². The molecule has 1 unspecified atom stereocenters. The van der Waals surface area contributed by atoms with Crippen molar-refractivity contribution in [3.8, 4) is 0 Å². The predicted molar refractivity (Wildman–Crippen MR) is 61.6 cm³/mol. The molecule has 1 atom stereocenters. The summed E-state index contributed by atoms with van der Waals surface area (Å²) in [5.41, 5.74) is 2.60. The third-order valence-electron chi connectivity index (χ3n) is 3.03. The second-order valence-corrected chi connectivity index (χ2v) is 4.08. The van der Waals surface area contributed by atoms with Gasteiger partial charge in [0.2, 0.25) is 0 Å². The first-order valence-electron chi connectivity index (χ1n) is 5.35. The molecule has 3 heterocycles. The molecule has 0 bridgehead atoms. The molecular formula is C13H14N2. The van der Waals surface area contributed by atoms with Crippen LogP contribution in [0, 0.1) is 0 Å². The van der Waals surface area contributed by atoms with Crippen LogP contribution in [0.4, 0.5) is 0 Å². The number of rotatable bonds is 0. The van der Waals surface area contributed by atoms with Crippen LogP contribution < -0.4 is 0 Å². The van der Waals surface area contributed by atoms with E-state index in [2.05, 4.69) is 65.6 Å². The lowest BCUT2D eigenvalue weighted by molar-refractivity contribution is 0.256. The number of hydrogen-bond acceptors (Lipinski definition) is 2. The lowest BCUT2D eigenvalue weighted by Gasteiger charge is -2.42. The minimum absolute atomic E-state index is 0.529. The van der Waals surface area contributed by atoms with Gasteiger partial charge in [0.05, 0.1) is 11.4 Å². The van der Waals surface area contributed by atoms with Gasteiger partial charge in [-0.1, -0.05) is 12.2 Å². The maximum absolute atomic E-state index is 2.34. The summed E-state index contributed by atoms with van der Waals surface area (Å²) in [7, 11) is 0. The van der Waals surface area contributed by atoms with Crippen molar-refractivity contribution in [1.82, 2.24) is 9.80 Å². The molecule has 0 N–H and O–H groups in total. The zero-order valence-electron chi connectivity index (χ0n) is 8.80. The Morgan fingerprint density at radius 3 is 2.60 bits per heavy atom. The van der Waals surface area contributed by atoms with Crippen LogP contribution in [0.2, 0.25) is 0 Å². The van der Waals surface area contributed by atoms with Gasteiger partial charge in [0.1, 0.15) is 0 Å². The molecule has 0 aromatic carbocycles. The second-order valence-electron chi connectivity index (χ2n) is 4.08. The van der Waals surface area contributed by atoms with Crippen molar-refractivity contribution in [1.29, 1.82) is 0 Å². The van der Waals surface area contributed by atoms with Gasteiger partial charge in [-0.05, 0) is 31.2 Å². The van der Waals surface area contributed by atoms with Crippen molar-refractivity contribution < 1.29 is 0 Å². The van der Waals surface area contributed by atoms with Crippen LogP contribution in [0.5, 0.6) is 0 Å². The summed E-state index contributed by atoms with van der Waals surface area (Å²) < 4.78 is 0. The molecule has 0 radical (unpaired) electrons. The predicted octanol–water partition coefficient (Wildman–Crippen LogP) is 2.37. The van der Waals surface area contributed by atoms with Crippen molar-refractivity contribution in [2.75, 3.05) is 6.54 Å². The molecule has 3 rings (SSSR count). The third-order valence-corrected chi connectivity index (χ3v) is 3.03. The van der Waals surface area contributed by atoms with Gasteiger partial charge in [-0.15, -0.1) is 0 Å². The maximum atomic E-state index is 2.34. The Bertz CT molecular complexity index is 424. The lowest BCUT2D eigenvalue weighted by Crippen LogP contribution is -2.43. The zero-order chi connectivity index (χ0) is 10.3. The fourth-order valence-electron chi connectivity index (χ4n) is 2.30. The molecule has 3 aliphatic heterocycles. The van der Waals surface area contributed by atoms with Gasteiger partial charge < -0.3 is 9.80 Å². The van der Waals surface area contributed by atoms with Gasteiger partial charge in [0.25, 0.3) is 0 Å².